The van der Waals surface area contributed by atoms with E-state index in [-0.39, 0.29) is 24.2 Å². The lowest BCUT2D eigenvalue weighted by molar-refractivity contribution is -0.150. The Morgan fingerprint density at radius 1 is 1.23 bits per heavy atom. The standard InChI is InChI=1S/C17H29NO4/c1-4-5-11-17(2,3)15(21)16(22)18-12-7-9-13(18)8-6-10-14(19)20/h13H,4-12H2,1-3H3,(H,19,20)/t13-/m0/s1. The Kier molecular flexibility index (Phi) is 7.04. The summed E-state index contributed by atoms with van der Waals surface area (Å²) in [4.78, 5) is 37.3. The minimum atomic E-state index is -0.812. The zero-order chi connectivity index (χ0) is 16.8. The molecule has 1 N–H and O–H groups in total. The van der Waals surface area contributed by atoms with Crippen LogP contribution in [0, 0.1) is 5.41 Å². The number of aliphatic carboxylic acids is 1. The Labute approximate surface area is 133 Å². The van der Waals surface area contributed by atoms with Gasteiger partial charge in [-0.1, -0.05) is 33.6 Å². The molecule has 5 heteroatoms. The van der Waals surface area contributed by atoms with E-state index in [1.165, 1.54) is 0 Å². The monoisotopic (exact) mass is 311 g/mol. The van der Waals surface area contributed by atoms with Gasteiger partial charge in [0.1, 0.15) is 0 Å². The quantitative estimate of drug-likeness (QED) is 0.664. The van der Waals surface area contributed by atoms with Crippen LogP contribution < -0.4 is 0 Å². The third-order valence-electron chi connectivity index (χ3n) is 4.53. The number of hydrogen-bond donors (Lipinski definition) is 1. The molecule has 126 valence electrons. The number of nitrogens with zero attached hydrogens (tertiary/aromatic N) is 1. The van der Waals surface area contributed by atoms with Crippen LogP contribution in [-0.4, -0.2) is 40.3 Å². The van der Waals surface area contributed by atoms with E-state index >= 15 is 0 Å². The first-order chi connectivity index (χ1) is 10.3. The summed E-state index contributed by atoms with van der Waals surface area (Å²) in [5, 5.41) is 8.71. The SMILES string of the molecule is CCCCC(C)(C)C(=O)C(=O)N1CCC[C@@H]1CCCC(=O)O. The smallest absolute Gasteiger partial charge is 0.303 e. The number of Topliss-reactive ketones (excluding diaryl/α,β-unsaturated/α-hetero) is 1. The lowest BCUT2D eigenvalue weighted by Crippen LogP contribution is -2.45. The van der Waals surface area contributed by atoms with E-state index in [2.05, 4.69) is 6.92 Å². The van der Waals surface area contributed by atoms with Crippen LogP contribution in [0.3, 0.4) is 0 Å². The van der Waals surface area contributed by atoms with E-state index in [1.54, 1.807) is 4.90 Å². The van der Waals surface area contributed by atoms with Gasteiger partial charge in [0.05, 0.1) is 0 Å². The highest BCUT2D eigenvalue weighted by molar-refractivity contribution is 6.38. The number of amides is 1. The maximum atomic E-state index is 12.5. The predicted molar refractivity (Wildman–Crippen MR) is 84.5 cm³/mol. The molecule has 1 rings (SSSR count). The van der Waals surface area contributed by atoms with Gasteiger partial charge in [-0.25, -0.2) is 0 Å². The Morgan fingerprint density at radius 3 is 2.50 bits per heavy atom. The highest BCUT2D eigenvalue weighted by atomic mass is 16.4. The van der Waals surface area contributed by atoms with Crippen LogP contribution >= 0.6 is 0 Å². The fourth-order valence-electron chi connectivity index (χ4n) is 3.04. The van der Waals surface area contributed by atoms with Crippen LogP contribution in [0.15, 0.2) is 0 Å². The largest absolute Gasteiger partial charge is 0.481 e. The highest BCUT2D eigenvalue weighted by Crippen LogP contribution is 2.28. The third kappa shape index (κ3) is 5.11. The molecule has 1 atom stereocenters. The molecule has 0 spiro atoms. The van der Waals surface area contributed by atoms with E-state index in [1.807, 2.05) is 13.8 Å². The van der Waals surface area contributed by atoms with Crippen molar-refractivity contribution < 1.29 is 19.5 Å². The summed E-state index contributed by atoms with van der Waals surface area (Å²) in [7, 11) is 0. The zero-order valence-corrected chi connectivity index (χ0v) is 14.1. The second kappa shape index (κ2) is 8.30. The summed E-state index contributed by atoms with van der Waals surface area (Å²) >= 11 is 0. The van der Waals surface area contributed by atoms with Crippen molar-refractivity contribution in [1.29, 1.82) is 0 Å². The van der Waals surface area contributed by atoms with Crippen molar-refractivity contribution in [3.05, 3.63) is 0 Å². The lowest BCUT2D eigenvalue weighted by atomic mass is 9.82. The number of unbranched alkanes of at least 4 members (excludes halogenated alkanes) is 1. The van der Waals surface area contributed by atoms with Gasteiger partial charge in [-0.15, -0.1) is 0 Å². The molecule has 1 heterocycles. The van der Waals surface area contributed by atoms with Gasteiger partial charge in [-0.05, 0) is 32.1 Å². The minimum Gasteiger partial charge on any atom is -0.481 e. The summed E-state index contributed by atoms with van der Waals surface area (Å²) in [6.45, 7) is 6.38. The molecule has 1 saturated heterocycles. The van der Waals surface area contributed by atoms with Gasteiger partial charge in [-0.3, -0.25) is 14.4 Å². The van der Waals surface area contributed by atoms with Crippen molar-refractivity contribution in [3.8, 4) is 0 Å². The number of ketones is 1. The number of likely N-dealkylation sites (tertiary alicyclic amines) is 1. The number of rotatable bonds is 9. The van der Waals surface area contributed by atoms with Crippen LogP contribution in [0.5, 0.6) is 0 Å². The first-order valence-electron chi connectivity index (χ1n) is 8.36. The second-order valence-corrected chi connectivity index (χ2v) is 6.90. The molecule has 0 aliphatic carbocycles. The normalized spacial score (nSPS) is 18.5. The Balaban J connectivity index is 2.62. The summed E-state index contributed by atoms with van der Waals surface area (Å²) in [5.74, 6) is -1.49. The molecule has 0 unspecified atom stereocenters. The molecule has 0 radical (unpaired) electrons. The van der Waals surface area contributed by atoms with Crippen molar-refractivity contribution in [1.82, 2.24) is 4.90 Å². The molecule has 5 nitrogen and oxygen atoms in total. The summed E-state index contributed by atoms with van der Waals surface area (Å²) in [6, 6.07) is 0.0257. The highest BCUT2D eigenvalue weighted by Gasteiger charge is 2.38. The van der Waals surface area contributed by atoms with Crippen LogP contribution in [0.25, 0.3) is 0 Å². The average Bonchev–Trinajstić information content (AvgIpc) is 2.91. The second-order valence-electron chi connectivity index (χ2n) is 6.90. The van der Waals surface area contributed by atoms with E-state index in [9.17, 15) is 14.4 Å². The van der Waals surface area contributed by atoms with Crippen LogP contribution in [0.2, 0.25) is 0 Å². The van der Waals surface area contributed by atoms with E-state index < -0.39 is 11.4 Å². The molecule has 1 aliphatic heterocycles. The van der Waals surface area contributed by atoms with Crippen LogP contribution in [-0.2, 0) is 14.4 Å². The predicted octanol–water partition coefficient (Wildman–Crippen LogP) is 3.02. The number of hydrogen-bond acceptors (Lipinski definition) is 3. The first kappa shape index (κ1) is 18.7. The van der Waals surface area contributed by atoms with Gasteiger partial charge in [0, 0.05) is 24.4 Å². The molecule has 1 aliphatic rings. The van der Waals surface area contributed by atoms with Crippen LogP contribution in [0.4, 0.5) is 0 Å². The maximum absolute atomic E-state index is 12.5. The summed E-state index contributed by atoms with van der Waals surface area (Å²) < 4.78 is 0. The molecule has 0 saturated carbocycles. The Bertz CT molecular complexity index is 417. The molecule has 22 heavy (non-hydrogen) atoms. The average molecular weight is 311 g/mol. The number of carboxylic acids is 1. The van der Waals surface area contributed by atoms with Crippen molar-refractivity contribution >= 4 is 17.7 Å². The summed E-state index contributed by atoms with van der Waals surface area (Å²) in [6.07, 6.45) is 5.78. The summed E-state index contributed by atoms with van der Waals surface area (Å²) in [5.41, 5.74) is -0.610. The number of carbonyl (C=O) groups excluding carboxylic acids is 2. The Hall–Kier alpha value is -1.39. The number of carboxylic acid groups (broad SMARTS) is 1. The van der Waals surface area contributed by atoms with Crippen molar-refractivity contribution in [3.63, 3.8) is 0 Å². The van der Waals surface area contributed by atoms with Crippen molar-refractivity contribution in [2.24, 2.45) is 5.41 Å². The fraction of sp³-hybridized carbons (Fsp3) is 0.824. The van der Waals surface area contributed by atoms with E-state index in [4.69, 9.17) is 5.11 Å². The maximum Gasteiger partial charge on any atom is 0.303 e. The molecule has 0 aromatic carbocycles. The molecule has 0 aromatic heterocycles. The van der Waals surface area contributed by atoms with Gasteiger partial charge >= 0.3 is 5.97 Å². The van der Waals surface area contributed by atoms with Gasteiger partial charge in [0.15, 0.2) is 0 Å². The van der Waals surface area contributed by atoms with E-state index in [0.29, 0.717) is 19.4 Å². The minimum absolute atomic E-state index is 0.0257. The third-order valence-corrected chi connectivity index (χ3v) is 4.53. The van der Waals surface area contributed by atoms with Gasteiger partial charge < -0.3 is 10.0 Å². The van der Waals surface area contributed by atoms with Crippen LogP contribution in [0.1, 0.15) is 72.1 Å². The fourth-order valence-corrected chi connectivity index (χ4v) is 3.04. The van der Waals surface area contributed by atoms with Gasteiger partial charge in [0.2, 0.25) is 5.78 Å². The van der Waals surface area contributed by atoms with E-state index in [0.717, 1.165) is 32.1 Å². The molecule has 0 aromatic rings. The van der Waals surface area contributed by atoms with Gasteiger partial charge in [-0.2, -0.15) is 0 Å². The van der Waals surface area contributed by atoms with Crippen molar-refractivity contribution in [2.45, 2.75) is 78.2 Å². The molecule has 1 amide bonds. The molecule has 0 bridgehead atoms. The van der Waals surface area contributed by atoms with Crippen molar-refractivity contribution in [2.75, 3.05) is 6.54 Å². The molecular formula is C17H29NO4. The Morgan fingerprint density at radius 2 is 1.91 bits per heavy atom. The van der Waals surface area contributed by atoms with Gasteiger partial charge in [0.25, 0.3) is 5.91 Å². The first-order valence-corrected chi connectivity index (χ1v) is 8.36. The zero-order valence-electron chi connectivity index (χ0n) is 14.1. The number of carbonyl (C=O) groups is 3. The lowest BCUT2D eigenvalue weighted by Gasteiger charge is -2.29. The molecular weight excluding hydrogens is 282 g/mol. The topological polar surface area (TPSA) is 74.7 Å². The molecule has 1 fully saturated rings.